The van der Waals surface area contributed by atoms with Gasteiger partial charge in [0.05, 0.1) is 11.7 Å². The highest BCUT2D eigenvalue weighted by atomic mass is 16.2. The lowest BCUT2D eigenvalue weighted by Gasteiger charge is -2.50. The quantitative estimate of drug-likeness (QED) is 0.811. The molecule has 1 heterocycles. The fourth-order valence-corrected chi connectivity index (χ4v) is 3.55. The van der Waals surface area contributed by atoms with Gasteiger partial charge in [0.15, 0.2) is 0 Å². The number of amides is 1. The molecule has 0 aromatic carbocycles. The molecule has 0 aromatic heterocycles. The van der Waals surface area contributed by atoms with Gasteiger partial charge < -0.3 is 9.80 Å². The van der Waals surface area contributed by atoms with Crippen molar-refractivity contribution in [3.05, 3.63) is 0 Å². The van der Waals surface area contributed by atoms with Gasteiger partial charge >= 0.3 is 0 Å². The second-order valence-corrected chi connectivity index (χ2v) is 7.04. The lowest BCUT2D eigenvalue weighted by Crippen LogP contribution is -2.59. The summed E-state index contributed by atoms with van der Waals surface area (Å²) in [6.45, 7) is 7.23. The Balaban J connectivity index is 2.17. The third-order valence-corrected chi connectivity index (χ3v) is 5.56. The average molecular weight is 281 g/mol. The first-order valence-electron chi connectivity index (χ1n) is 8.15. The van der Waals surface area contributed by atoms with Crippen LogP contribution in [0.1, 0.15) is 59.3 Å². The molecule has 2 atom stereocenters. The van der Waals surface area contributed by atoms with E-state index in [0.717, 1.165) is 25.8 Å². The van der Waals surface area contributed by atoms with E-state index in [1.54, 1.807) is 0 Å². The zero-order chi connectivity index (χ0) is 15.0. The molecule has 1 aliphatic heterocycles. The summed E-state index contributed by atoms with van der Waals surface area (Å²) in [6, 6.07) is 0. The summed E-state index contributed by atoms with van der Waals surface area (Å²) in [4.78, 5) is 17.3. The molecule has 4 nitrogen and oxygen atoms in total. The van der Waals surface area contributed by atoms with Gasteiger partial charge in [-0.3, -0.25) is 10.1 Å². The van der Waals surface area contributed by atoms with Gasteiger partial charge in [0.2, 0.25) is 5.91 Å². The molecule has 116 valence electrons. The number of nitrogens with one attached hydrogen (secondary N) is 1. The number of carbonyl (C=O) groups excluding carboxylic acids is 1. The molecule has 4 heteroatoms. The van der Waals surface area contributed by atoms with Crippen molar-refractivity contribution in [2.75, 3.05) is 20.6 Å². The van der Waals surface area contributed by atoms with Crippen LogP contribution in [-0.2, 0) is 4.79 Å². The van der Waals surface area contributed by atoms with Crippen molar-refractivity contribution in [3.8, 4) is 0 Å². The number of rotatable bonds is 6. The van der Waals surface area contributed by atoms with Gasteiger partial charge in [-0.15, -0.1) is 0 Å². The first-order valence-corrected chi connectivity index (χ1v) is 8.15. The summed E-state index contributed by atoms with van der Waals surface area (Å²) in [5, 5.41) is 3.59. The first-order chi connectivity index (χ1) is 9.38. The van der Waals surface area contributed by atoms with Crippen molar-refractivity contribution in [3.63, 3.8) is 0 Å². The molecular formula is C16H31N3O. The van der Waals surface area contributed by atoms with E-state index in [-0.39, 0.29) is 17.2 Å². The Labute approximate surface area is 123 Å². The highest BCUT2D eigenvalue weighted by molar-refractivity contribution is 5.88. The summed E-state index contributed by atoms with van der Waals surface area (Å²) < 4.78 is 0. The number of hydrogen-bond acceptors (Lipinski definition) is 3. The van der Waals surface area contributed by atoms with Crippen LogP contribution in [0.25, 0.3) is 0 Å². The molecule has 20 heavy (non-hydrogen) atoms. The van der Waals surface area contributed by atoms with E-state index in [9.17, 15) is 4.79 Å². The van der Waals surface area contributed by atoms with Crippen LogP contribution < -0.4 is 5.32 Å². The first kappa shape index (κ1) is 15.8. The van der Waals surface area contributed by atoms with Crippen LogP contribution in [0.4, 0.5) is 0 Å². The highest BCUT2D eigenvalue weighted by Crippen LogP contribution is 2.39. The molecule has 2 unspecified atom stereocenters. The Hall–Kier alpha value is -0.610. The monoisotopic (exact) mass is 281 g/mol. The maximum Gasteiger partial charge on any atom is 0.243 e. The molecule has 1 saturated carbocycles. The summed E-state index contributed by atoms with van der Waals surface area (Å²) in [7, 11) is 4.31. The van der Waals surface area contributed by atoms with Crippen LogP contribution in [0.15, 0.2) is 0 Å². The molecule has 1 aliphatic carbocycles. The molecule has 2 rings (SSSR count). The Morgan fingerprint density at radius 1 is 1.35 bits per heavy atom. The molecule has 0 spiro atoms. The molecule has 1 amide bonds. The van der Waals surface area contributed by atoms with Crippen molar-refractivity contribution in [1.82, 2.24) is 15.1 Å². The van der Waals surface area contributed by atoms with Crippen molar-refractivity contribution in [2.24, 2.45) is 0 Å². The van der Waals surface area contributed by atoms with E-state index in [1.165, 1.54) is 19.3 Å². The fourth-order valence-electron chi connectivity index (χ4n) is 3.55. The Morgan fingerprint density at radius 3 is 2.40 bits per heavy atom. The Morgan fingerprint density at radius 2 is 2.00 bits per heavy atom. The molecule has 0 aromatic rings. The third kappa shape index (κ3) is 2.48. The van der Waals surface area contributed by atoms with E-state index in [1.807, 2.05) is 0 Å². The second-order valence-electron chi connectivity index (χ2n) is 7.04. The van der Waals surface area contributed by atoms with Gasteiger partial charge in [-0.25, -0.2) is 0 Å². The standard InChI is InChI=1S/C16H31N3O/c1-6-9-13-17-15(3,7-2)14(20)19(13)12-16(18(4)5)10-8-11-16/h13,17H,6-12H2,1-5H3. The largest absolute Gasteiger partial charge is 0.324 e. The van der Waals surface area contributed by atoms with Gasteiger partial charge in [0.25, 0.3) is 0 Å². The minimum absolute atomic E-state index is 0.211. The summed E-state index contributed by atoms with van der Waals surface area (Å²) >= 11 is 0. The van der Waals surface area contributed by atoms with Crippen molar-refractivity contribution < 1.29 is 4.79 Å². The summed E-state index contributed by atoms with van der Waals surface area (Å²) in [5.74, 6) is 0.298. The Bertz CT molecular complexity index is 365. The predicted octanol–water partition coefficient (Wildman–Crippen LogP) is 2.20. The van der Waals surface area contributed by atoms with Gasteiger partial charge in [-0.2, -0.15) is 0 Å². The molecular weight excluding hydrogens is 250 g/mol. The van der Waals surface area contributed by atoms with Crippen molar-refractivity contribution in [1.29, 1.82) is 0 Å². The Kier molecular flexibility index (Phi) is 4.45. The van der Waals surface area contributed by atoms with E-state index in [0.29, 0.717) is 5.91 Å². The normalized spacial score (nSPS) is 32.8. The molecule has 0 radical (unpaired) electrons. The second kappa shape index (κ2) is 5.64. The van der Waals surface area contributed by atoms with Gasteiger partial charge in [-0.1, -0.05) is 20.3 Å². The van der Waals surface area contributed by atoms with Crippen molar-refractivity contribution >= 4 is 5.91 Å². The van der Waals surface area contributed by atoms with E-state index in [2.05, 4.69) is 50.0 Å². The lowest BCUT2D eigenvalue weighted by atomic mass is 9.75. The number of likely N-dealkylation sites (N-methyl/N-ethyl adjacent to an activating group) is 1. The average Bonchev–Trinajstić information content (AvgIpc) is 2.58. The zero-order valence-electron chi connectivity index (χ0n) is 13.8. The topological polar surface area (TPSA) is 35.6 Å². The number of nitrogens with zero attached hydrogens (tertiary/aromatic N) is 2. The maximum atomic E-state index is 12.8. The molecule has 1 N–H and O–H groups in total. The zero-order valence-corrected chi connectivity index (χ0v) is 13.8. The van der Waals surface area contributed by atoms with Gasteiger partial charge in [-0.05, 0) is 53.1 Å². The van der Waals surface area contributed by atoms with Crippen LogP contribution in [0.5, 0.6) is 0 Å². The van der Waals surface area contributed by atoms with Crippen LogP contribution in [0.2, 0.25) is 0 Å². The maximum absolute atomic E-state index is 12.8. The van der Waals surface area contributed by atoms with E-state index in [4.69, 9.17) is 0 Å². The summed E-state index contributed by atoms with van der Waals surface area (Å²) in [6.07, 6.45) is 6.95. The molecule has 2 fully saturated rings. The van der Waals surface area contributed by atoms with Gasteiger partial charge in [0, 0.05) is 12.1 Å². The molecule has 2 aliphatic rings. The lowest BCUT2D eigenvalue weighted by molar-refractivity contribution is -0.136. The minimum atomic E-state index is -0.364. The smallest absolute Gasteiger partial charge is 0.243 e. The van der Waals surface area contributed by atoms with Crippen LogP contribution >= 0.6 is 0 Å². The highest BCUT2D eigenvalue weighted by Gasteiger charge is 2.50. The SMILES string of the molecule is CCCC1NC(C)(CC)C(=O)N1CC1(N(C)C)CCC1. The fraction of sp³-hybridized carbons (Fsp3) is 0.938. The molecule has 1 saturated heterocycles. The predicted molar refractivity (Wildman–Crippen MR) is 82.5 cm³/mol. The van der Waals surface area contributed by atoms with Crippen LogP contribution in [0.3, 0.4) is 0 Å². The van der Waals surface area contributed by atoms with Crippen molar-refractivity contribution in [2.45, 2.75) is 76.5 Å². The molecule has 0 bridgehead atoms. The van der Waals surface area contributed by atoms with Crippen LogP contribution in [0, 0.1) is 0 Å². The number of carbonyl (C=O) groups is 1. The van der Waals surface area contributed by atoms with Gasteiger partial charge in [0.1, 0.15) is 0 Å². The van der Waals surface area contributed by atoms with E-state index >= 15 is 0 Å². The van der Waals surface area contributed by atoms with Crippen LogP contribution in [-0.4, -0.2) is 53.6 Å². The summed E-state index contributed by atoms with van der Waals surface area (Å²) in [5.41, 5.74) is -0.153. The van der Waals surface area contributed by atoms with E-state index < -0.39 is 0 Å². The minimum Gasteiger partial charge on any atom is -0.324 e. The third-order valence-electron chi connectivity index (χ3n) is 5.56. The number of hydrogen-bond donors (Lipinski definition) is 1.